The van der Waals surface area contributed by atoms with E-state index < -0.39 is 0 Å². The average Bonchev–Trinajstić information content (AvgIpc) is 3.82. The Morgan fingerprint density at radius 1 is 0.422 bits per heavy atom. The Morgan fingerprint density at radius 2 is 0.953 bits per heavy atom. The van der Waals surface area contributed by atoms with Crippen LogP contribution in [-0.2, 0) is 10.8 Å². The monoisotopic (exact) mass is 826 g/mol. The maximum absolute atomic E-state index is 11.1. The smallest absolute Gasteiger partial charge is 0.164 e. The number of rotatable bonds is 5. The third-order valence-electron chi connectivity index (χ3n) is 12.7. The van der Waals surface area contributed by atoms with Gasteiger partial charge in [0, 0.05) is 43.9 Å². The Labute approximate surface area is 372 Å². The van der Waals surface area contributed by atoms with Gasteiger partial charge in [-0.2, -0.15) is 5.26 Å². The highest BCUT2D eigenvalue weighted by atomic mass is 15.0. The van der Waals surface area contributed by atoms with Crippen LogP contribution in [0.4, 0.5) is 0 Å². The summed E-state index contributed by atoms with van der Waals surface area (Å²) in [6.07, 6.45) is 0. The molecule has 0 radical (unpaired) electrons. The molecule has 0 spiro atoms. The van der Waals surface area contributed by atoms with Gasteiger partial charge in [0.25, 0.3) is 0 Å². The summed E-state index contributed by atoms with van der Waals surface area (Å²) in [5, 5.41) is 18.0. The molecule has 0 atom stereocenters. The van der Waals surface area contributed by atoms with Crippen molar-refractivity contribution in [3.8, 4) is 51.6 Å². The van der Waals surface area contributed by atoms with Gasteiger partial charge < -0.3 is 9.13 Å². The molecule has 0 saturated heterocycles. The van der Waals surface area contributed by atoms with Crippen LogP contribution in [0.15, 0.2) is 170 Å². The van der Waals surface area contributed by atoms with Crippen LogP contribution >= 0.6 is 0 Å². The van der Waals surface area contributed by atoms with Crippen molar-refractivity contribution in [2.24, 2.45) is 0 Å². The van der Waals surface area contributed by atoms with Crippen LogP contribution in [0.25, 0.3) is 99.9 Å². The van der Waals surface area contributed by atoms with Gasteiger partial charge in [0.2, 0.25) is 0 Å². The standard InChI is InChI=1S/C58H46N6/c1-57(2,3)41-26-20-37(21-27-41)54-60-55(38-22-28-42(29-23-38)58(4,5)6)62-56(61-54)39-25-30-48(40(32-39)35-59)64-50-31-24-36-14-10-11-17-44(36)53(50)47-34-51-46(33-52(47)64)45-18-12-13-19-49(45)63(51)43-15-8-7-9-16-43/h7-34H,1-6H3. The number of para-hydroxylation sites is 2. The molecule has 0 bridgehead atoms. The van der Waals surface area contributed by atoms with E-state index in [-0.39, 0.29) is 10.8 Å². The molecule has 3 aromatic heterocycles. The van der Waals surface area contributed by atoms with E-state index >= 15 is 0 Å². The lowest BCUT2D eigenvalue weighted by molar-refractivity contribution is 0.590. The second-order valence-corrected chi connectivity index (χ2v) is 18.9. The van der Waals surface area contributed by atoms with E-state index in [0.717, 1.165) is 77.1 Å². The fraction of sp³-hybridized carbons (Fsp3) is 0.138. The minimum atomic E-state index is 0.00864. The molecule has 6 nitrogen and oxygen atoms in total. The minimum Gasteiger partial charge on any atom is -0.309 e. The third kappa shape index (κ3) is 6.43. The first-order valence-corrected chi connectivity index (χ1v) is 21.9. The van der Waals surface area contributed by atoms with Crippen molar-refractivity contribution in [1.29, 1.82) is 5.26 Å². The highest BCUT2D eigenvalue weighted by Crippen LogP contribution is 2.43. The zero-order valence-corrected chi connectivity index (χ0v) is 36.8. The van der Waals surface area contributed by atoms with E-state index in [9.17, 15) is 5.26 Å². The number of nitrogens with zero attached hydrogens (tertiary/aromatic N) is 6. The van der Waals surface area contributed by atoms with Crippen molar-refractivity contribution >= 4 is 54.4 Å². The topological polar surface area (TPSA) is 72.3 Å². The van der Waals surface area contributed by atoms with Gasteiger partial charge in [-0.15, -0.1) is 0 Å². The molecule has 0 aliphatic heterocycles. The molecule has 0 N–H and O–H groups in total. The number of hydrogen-bond donors (Lipinski definition) is 0. The molecule has 8 aromatic carbocycles. The predicted molar refractivity (Wildman–Crippen MR) is 264 cm³/mol. The summed E-state index contributed by atoms with van der Waals surface area (Å²) in [7, 11) is 0. The summed E-state index contributed by atoms with van der Waals surface area (Å²) in [5.74, 6) is 1.67. The van der Waals surface area contributed by atoms with E-state index in [0.29, 0.717) is 23.0 Å². The van der Waals surface area contributed by atoms with E-state index in [4.69, 9.17) is 15.0 Å². The number of hydrogen-bond acceptors (Lipinski definition) is 4. The van der Waals surface area contributed by atoms with E-state index in [1.165, 1.54) is 16.5 Å². The highest BCUT2D eigenvalue weighted by molar-refractivity contribution is 6.25. The summed E-state index contributed by atoms with van der Waals surface area (Å²) < 4.78 is 4.63. The molecule has 11 rings (SSSR count). The number of fused-ring (bicyclic) bond motifs is 8. The van der Waals surface area contributed by atoms with Crippen molar-refractivity contribution < 1.29 is 0 Å². The van der Waals surface area contributed by atoms with E-state index in [1.54, 1.807) is 0 Å². The first kappa shape index (κ1) is 39.0. The van der Waals surface area contributed by atoms with Crippen LogP contribution < -0.4 is 0 Å². The second-order valence-electron chi connectivity index (χ2n) is 18.9. The van der Waals surface area contributed by atoms with Crippen molar-refractivity contribution in [2.75, 3.05) is 0 Å². The second kappa shape index (κ2) is 14.6. The van der Waals surface area contributed by atoms with Crippen LogP contribution in [0.1, 0.15) is 58.2 Å². The minimum absolute atomic E-state index is 0.00864. The van der Waals surface area contributed by atoms with Gasteiger partial charge in [0.1, 0.15) is 6.07 Å². The molecule has 0 aliphatic carbocycles. The summed E-state index contributed by atoms with van der Waals surface area (Å²) in [5.41, 5.74) is 11.8. The Balaban J connectivity index is 1.13. The summed E-state index contributed by atoms with van der Waals surface area (Å²) in [6, 6.07) is 62.4. The molecular formula is C58H46N6. The van der Waals surface area contributed by atoms with Crippen LogP contribution in [0.3, 0.4) is 0 Å². The largest absolute Gasteiger partial charge is 0.309 e. The average molecular weight is 827 g/mol. The van der Waals surface area contributed by atoms with Gasteiger partial charge in [-0.1, -0.05) is 157 Å². The van der Waals surface area contributed by atoms with Gasteiger partial charge in [0.15, 0.2) is 17.5 Å². The van der Waals surface area contributed by atoms with Crippen molar-refractivity contribution in [3.63, 3.8) is 0 Å². The lowest BCUT2D eigenvalue weighted by Crippen LogP contribution is -2.11. The first-order chi connectivity index (χ1) is 30.9. The number of nitriles is 1. The predicted octanol–water partition coefficient (Wildman–Crippen LogP) is 14.7. The molecule has 0 amide bonds. The van der Waals surface area contributed by atoms with Gasteiger partial charge in [-0.05, 0) is 87.3 Å². The molecule has 0 fully saturated rings. The SMILES string of the molecule is CC(C)(C)c1ccc(-c2nc(-c3ccc(C(C)(C)C)cc3)nc(-c3ccc(-n4c5cc6c7ccccc7n(-c7ccccc7)c6cc5c5c6ccccc6ccc54)c(C#N)c3)n2)cc1. The Hall–Kier alpha value is -7.88. The Bertz CT molecular complexity index is 3590. The molecule has 0 saturated carbocycles. The maximum Gasteiger partial charge on any atom is 0.164 e. The van der Waals surface area contributed by atoms with E-state index in [1.807, 2.05) is 12.1 Å². The Kier molecular flexibility index (Phi) is 8.90. The van der Waals surface area contributed by atoms with Gasteiger partial charge in [-0.25, -0.2) is 15.0 Å². The normalized spacial score (nSPS) is 12.2. The zero-order chi connectivity index (χ0) is 43.9. The first-order valence-electron chi connectivity index (χ1n) is 21.9. The van der Waals surface area contributed by atoms with Crippen molar-refractivity contribution in [1.82, 2.24) is 24.1 Å². The third-order valence-corrected chi connectivity index (χ3v) is 12.7. The molecule has 3 heterocycles. The molecule has 11 aromatic rings. The Morgan fingerprint density at radius 3 is 1.58 bits per heavy atom. The summed E-state index contributed by atoms with van der Waals surface area (Å²) >= 11 is 0. The van der Waals surface area contributed by atoms with Gasteiger partial charge in [0.05, 0.1) is 33.3 Å². The quantitative estimate of drug-likeness (QED) is 0.173. The fourth-order valence-electron chi connectivity index (χ4n) is 9.32. The molecular weight excluding hydrogens is 781 g/mol. The molecule has 308 valence electrons. The van der Waals surface area contributed by atoms with Crippen LogP contribution in [0.5, 0.6) is 0 Å². The molecule has 0 aliphatic rings. The zero-order valence-electron chi connectivity index (χ0n) is 36.8. The molecule has 0 unspecified atom stereocenters. The van der Waals surface area contributed by atoms with Crippen molar-refractivity contribution in [3.05, 3.63) is 187 Å². The summed E-state index contributed by atoms with van der Waals surface area (Å²) in [6.45, 7) is 13.3. The van der Waals surface area contributed by atoms with Gasteiger partial charge >= 0.3 is 0 Å². The maximum atomic E-state index is 11.1. The number of aromatic nitrogens is 5. The van der Waals surface area contributed by atoms with Gasteiger partial charge in [-0.3, -0.25) is 0 Å². The van der Waals surface area contributed by atoms with Crippen molar-refractivity contribution in [2.45, 2.75) is 52.4 Å². The molecule has 64 heavy (non-hydrogen) atoms. The van der Waals surface area contributed by atoms with Crippen LogP contribution in [0, 0.1) is 11.3 Å². The fourth-order valence-corrected chi connectivity index (χ4v) is 9.32. The van der Waals surface area contributed by atoms with Crippen LogP contribution in [0.2, 0.25) is 0 Å². The lowest BCUT2D eigenvalue weighted by atomic mass is 9.86. The molecule has 6 heteroatoms. The number of benzene rings is 8. The summed E-state index contributed by atoms with van der Waals surface area (Å²) in [4.78, 5) is 15.3. The lowest BCUT2D eigenvalue weighted by Gasteiger charge is -2.19. The van der Waals surface area contributed by atoms with E-state index in [2.05, 4.69) is 214 Å². The van der Waals surface area contributed by atoms with Crippen LogP contribution in [-0.4, -0.2) is 24.1 Å². The highest BCUT2D eigenvalue weighted by Gasteiger charge is 2.23.